The van der Waals surface area contributed by atoms with Gasteiger partial charge in [-0.05, 0) is 44.9 Å². The summed E-state index contributed by atoms with van der Waals surface area (Å²) in [6.45, 7) is 7.47. The molecule has 0 aromatic rings. The number of rotatable bonds is 13. The molecule has 0 rings (SSSR count). The molecular weight excluding hydrogens is 204 g/mol. The number of hydrogen-bond donors (Lipinski definition) is 0. The molecule has 0 aliphatic rings. The van der Waals surface area contributed by atoms with Crippen LogP contribution in [-0.2, 0) is 0 Å². The van der Waals surface area contributed by atoms with E-state index in [4.69, 9.17) is 0 Å². The summed E-state index contributed by atoms with van der Waals surface area (Å²) in [7, 11) is 0. The van der Waals surface area contributed by atoms with Crippen LogP contribution in [0.2, 0.25) is 0 Å². The molecule has 0 aliphatic heterocycles. The van der Waals surface area contributed by atoms with Crippen LogP contribution in [0.5, 0.6) is 0 Å². The lowest BCUT2D eigenvalue weighted by molar-refractivity contribution is 0.600. The Balaban J connectivity index is 3.02. The summed E-state index contributed by atoms with van der Waals surface area (Å²) in [5.41, 5.74) is 0. The molecule has 0 aliphatic carbocycles. The van der Waals surface area contributed by atoms with Crippen LogP contribution in [0, 0.1) is 0 Å². The molecule has 0 heteroatoms. The van der Waals surface area contributed by atoms with Crippen LogP contribution in [0.15, 0.2) is 37.5 Å². The van der Waals surface area contributed by atoms with Gasteiger partial charge in [0.1, 0.15) is 0 Å². The molecule has 0 fully saturated rings. The summed E-state index contributed by atoms with van der Waals surface area (Å²) < 4.78 is 0. The van der Waals surface area contributed by atoms with E-state index in [1.54, 1.807) is 0 Å². The molecule has 0 unspecified atom stereocenters. The van der Waals surface area contributed by atoms with Crippen molar-refractivity contribution in [2.45, 2.75) is 70.6 Å². The van der Waals surface area contributed by atoms with Crippen molar-refractivity contribution < 1.29 is 0 Å². The van der Waals surface area contributed by atoms with Crippen LogP contribution < -0.4 is 0 Å². The van der Waals surface area contributed by atoms with Gasteiger partial charge in [0, 0.05) is 0 Å². The van der Waals surface area contributed by atoms with E-state index in [1.165, 1.54) is 64.2 Å². The highest BCUT2D eigenvalue weighted by atomic mass is 14.0. The monoisotopic (exact) mass is 234 g/mol. The van der Waals surface area contributed by atoms with E-state index in [1.807, 2.05) is 12.2 Å². The molecule has 0 saturated heterocycles. The van der Waals surface area contributed by atoms with Crippen LogP contribution >= 0.6 is 0 Å². The lowest BCUT2D eigenvalue weighted by Gasteiger charge is -1.99. The van der Waals surface area contributed by atoms with E-state index in [9.17, 15) is 0 Å². The van der Waals surface area contributed by atoms with E-state index in [2.05, 4.69) is 25.3 Å². The maximum absolute atomic E-state index is 3.74. The van der Waals surface area contributed by atoms with Gasteiger partial charge in [0.2, 0.25) is 0 Å². The highest BCUT2D eigenvalue weighted by molar-refractivity contribution is 4.82. The first-order chi connectivity index (χ1) is 8.41. The first-order valence-corrected chi connectivity index (χ1v) is 7.28. The average molecular weight is 234 g/mol. The van der Waals surface area contributed by atoms with E-state index in [0.29, 0.717) is 0 Å². The van der Waals surface area contributed by atoms with Crippen molar-refractivity contribution in [1.29, 1.82) is 0 Å². The van der Waals surface area contributed by atoms with E-state index >= 15 is 0 Å². The average Bonchev–Trinajstić information content (AvgIpc) is 2.35. The fourth-order valence-corrected chi connectivity index (χ4v) is 1.87. The van der Waals surface area contributed by atoms with Gasteiger partial charge in [-0.1, -0.05) is 50.0 Å². The normalized spacial score (nSPS) is 10.8. The molecule has 0 atom stereocenters. The largest absolute Gasteiger partial charge is 0.103 e. The van der Waals surface area contributed by atoms with Gasteiger partial charge >= 0.3 is 0 Å². The molecule has 0 saturated carbocycles. The predicted octanol–water partition coefficient (Wildman–Crippen LogP) is 6.21. The standard InChI is InChI=1S/C17H30/c1-3-5-7-9-11-13-15-17-16-14-12-10-8-6-4-2/h3-4,11,13H,1-2,5-10,12,14-17H2. The van der Waals surface area contributed by atoms with Crippen LogP contribution in [0.1, 0.15) is 70.6 Å². The minimum Gasteiger partial charge on any atom is -0.103 e. The fraction of sp³-hybridized carbons (Fsp3) is 0.647. The summed E-state index contributed by atoms with van der Waals surface area (Å²) in [6, 6.07) is 0. The van der Waals surface area contributed by atoms with Gasteiger partial charge in [0.25, 0.3) is 0 Å². The topological polar surface area (TPSA) is 0 Å². The Hall–Kier alpha value is -0.780. The Labute approximate surface area is 109 Å². The molecule has 98 valence electrons. The summed E-state index contributed by atoms with van der Waals surface area (Å²) >= 11 is 0. The molecule has 0 N–H and O–H groups in total. The highest BCUT2D eigenvalue weighted by Crippen LogP contribution is 2.09. The van der Waals surface area contributed by atoms with Gasteiger partial charge in [-0.25, -0.2) is 0 Å². The predicted molar refractivity (Wildman–Crippen MR) is 80.3 cm³/mol. The van der Waals surface area contributed by atoms with Crippen molar-refractivity contribution in [2.24, 2.45) is 0 Å². The summed E-state index contributed by atoms with van der Waals surface area (Å²) in [6.07, 6.45) is 23.0. The van der Waals surface area contributed by atoms with Crippen LogP contribution in [0.3, 0.4) is 0 Å². The Bertz CT molecular complexity index is 188. The van der Waals surface area contributed by atoms with Crippen molar-refractivity contribution >= 4 is 0 Å². The van der Waals surface area contributed by atoms with Crippen molar-refractivity contribution in [3.63, 3.8) is 0 Å². The van der Waals surface area contributed by atoms with Crippen molar-refractivity contribution in [2.75, 3.05) is 0 Å². The number of unbranched alkanes of at least 4 members (excludes halogenated alkanes) is 9. The van der Waals surface area contributed by atoms with Crippen molar-refractivity contribution in [3.8, 4) is 0 Å². The molecule has 0 amide bonds. The lowest BCUT2D eigenvalue weighted by Crippen LogP contribution is -1.79. The van der Waals surface area contributed by atoms with E-state index < -0.39 is 0 Å². The third-order valence-corrected chi connectivity index (χ3v) is 2.97. The first-order valence-electron chi connectivity index (χ1n) is 7.28. The van der Waals surface area contributed by atoms with Crippen LogP contribution in [-0.4, -0.2) is 0 Å². The maximum atomic E-state index is 3.74. The van der Waals surface area contributed by atoms with Crippen LogP contribution in [0.25, 0.3) is 0 Å². The zero-order chi connectivity index (χ0) is 12.6. The minimum atomic E-state index is 1.15. The molecule has 0 bridgehead atoms. The van der Waals surface area contributed by atoms with Gasteiger partial charge in [-0.3, -0.25) is 0 Å². The zero-order valence-electron chi connectivity index (χ0n) is 11.5. The van der Waals surface area contributed by atoms with Gasteiger partial charge in [-0.15, -0.1) is 13.2 Å². The fourth-order valence-electron chi connectivity index (χ4n) is 1.87. The Kier molecular flexibility index (Phi) is 14.5. The van der Waals surface area contributed by atoms with Gasteiger partial charge in [0.05, 0.1) is 0 Å². The Morgan fingerprint density at radius 1 is 0.471 bits per heavy atom. The lowest BCUT2D eigenvalue weighted by atomic mass is 10.1. The molecule has 0 spiro atoms. The first kappa shape index (κ1) is 16.2. The number of allylic oxidation sites excluding steroid dienone is 4. The summed E-state index contributed by atoms with van der Waals surface area (Å²) in [5, 5.41) is 0. The summed E-state index contributed by atoms with van der Waals surface area (Å²) in [4.78, 5) is 0. The second-order valence-electron chi connectivity index (χ2n) is 4.68. The maximum Gasteiger partial charge on any atom is -0.0348 e. The van der Waals surface area contributed by atoms with E-state index in [-0.39, 0.29) is 0 Å². The Morgan fingerprint density at radius 3 is 1.47 bits per heavy atom. The van der Waals surface area contributed by atoms with Crippen LogP contribution in [0.4, 0.5) is 0 Å². The second-order valence-corrected chi connectivity index (χ2v) is 4.68. The smallest absolute Gasteiger partial charge is 0.0348 e. The van der Waals surface area contributed by atoms with Gasteiger partial charge < -0.3 is 0 Å². The third-order valence-electron chi connectivity index (χ3n) is 2.97. The number of hydrogen-bond acceptors (Lipinski definition) is 0. The molecule has 0 heterocycles. The molecule has 0 nitrogen and oxygen atoms in total. The third kappa shape index (κ3) is 15.2. The quantitative estimate of drug-likeness (QED) is 0.263. The second kappa shape index (κ2) is 15.2. The zero-order valence-corrected chi connectivity index (χ0v) is 11.5. The molecule has 17 heavy (non-hydrogen) atoms. The Morgan fingerprint density at radius 2 is 0.882 bits per heavy atom. The molecule has 0 radical (unpaired) electrons. The van der Waals surface area contributed by atoms with Gasteiger partial charge in [0.15, 0.2) is 0 Å². The summed E-state index contributed by atoms with van der Waals surface area (Å²) in [5.74, 6) is 0. The molecule has 0 aromatic heterocycles. The van der Waals surface area contributed by atoms with Crippen molar-refractivity contribution in [1.82, 2.24) is 0 Å². The van der Waals surface area contributed by atoms with E-state index in [0.717, 1.165) is 6.42 Å². The van der Waals surface area contributed by atoms with Crippen molar-refractivity contribution in [3.05, 3.63) is 37.5 Å². The highest BCUT2D eigenvalue weighted by Gasteiger charge is 1.89. The molecule has 0 aromatic carbocycles. The van der Waals surface area contributed by atoms with Gasteiger partial charge in [-0.2, -0.15) is 0 Å². The SMILES string of the molecule is C=CCCCC=CCCCCCCCCC=C. The molecular formula is C17H30. The minimum absolute atomic E-state index is 1.15.